The first-order chi connectivity index (χ1) is 6.43. The second kappa shape index (κ2) is 6.60. The monoisotopic (exact) mass is 182 g/mol. The summed E-state index contributed by atoms with van der Waals surface area (Å²) in [6.07, 6.45) is 7.48. The van der Waals surface area contributed by atoms with Gasteiger partial charge in [-0.3, -0.25) is 5.43 Å². The number of nitrogens with one attached hydrogen (secondary N) is 2. The molecule has 1 aliphatic rings. The Morgan fingerprint density at radius 3 is 3.15 bits per heavy atom. The molecule has 1 fully saturated rings. The topological polar surface area (TPSA) is 48.8 Å². The maximum absolute atomic E-state index is 4.03. The SMILES string of the molecule is C/C=C/NN=NCC1CCCCN1. The molecule has 0 saturated carbocycles. The van der Waals surface area contributed by atoms with Crippen molar-refractivity contribution in [2.45, 2.75) is 32.2 Å². The summed E-state index contributed by atoms with van der Waals surface area (Å²) in [4.78, 5) is 0. The molecule has 13 heavy (non-hydrogen) atoms. The van der Waals surface area contributed by atoms with Gasteiger partial charge in [-0.1, -0.05) is 17.7 Å². The first-order valence-corrected chi connectivity index (χ1v) is 4.90. The van der Waals surface area contributed by atoms with E-state index in [-0.39, 0.29) is 0 Å². The van der Waals surface area contributed by atoms with Gasteiger partial charge < -0.3 is 5.32 Å². The Balaban J connectivity index is 2.06. The van der Waals surface area contributed by atoms with Crippen molar-refractivity contribution >= 4 is 0 Å². The summed E-state index contributed by atoms with van der Waals surface area (Å²) in [5.41, 5.74) is 2.72. The lowest BCUT2D eigenvalue weighted by molar-refractivity contribution is 0.402. The van der Waals surface area contributed by atoms with Crippen LogP contribution in [0, 0.1) is 0 Å². The van der Waals surface area contributed by atoms with E-state index in [0.29, 0.717) is 6.04 Å². The third-order valence-corrected chi connectivity index (χ3v) is 2.08. The van der Waals surface area contributed by atoms with Gasteiger partial charge in [0.05, 0.1) is 6.54 Å². The van der Waals surface area contributed by atoms with E-state index in [4.69, 9.17) is 0 Å². The fourth-order valence-electron chi connectivity index (χ4n) is 1.37. The first-order valence-electron chi connectivity index (χ1n) is 4.90. The van der Waals surface area contributed by atoms with Crippen LogP contribution in [-0.4, -0.2) is 19.1 Å². The molecule has 0 aromatic heterocycles. The van der Waals surface area contributed by atoms with Gasteiger partial charge in [0.1, 0.15) is 0 Å². The fourth-order valence-corrected chi connectivity index (χ4v) is 1.37. The molecule has 1 rings (SSSR count). The highest BCUT2D eigenvalue weighted by Gasteiger charge is 2.10. The zero-order valence-electron chi connectivity index (χ0n) is 8.16. The number of piperidine rings is 1. The fraction of sp³-hybridized carbons (Fsp3) is 0.778. The summed E-state index contributed by atoms with van der Waals surface area (Å²) >= 11 is 0. The molecule has 2 N–H and O–H groups in total. The van der Waals surface area contributed by atoms with E-state index in [1.165, 1.54) is 19.3 Å². The summed E-state index contributed by atoms with van der Waals surface area (Å²) in [6.45, 7) is 3.85. The molecule has 0 amide bonds. The molecule has 1 atom stereocenters. The van der Waals surface area contributed by atoms with Gasteiger partial charge in [0.25, 0.3) is 0 Å². The van der Waals surface area contributed by atoms with Crippen LogP contribution in [-0.2, 0) is 0 Å². The highest BCUT2D eigenvalue weighted by Crippen LogP contribution is 2.06. The van der Waals surface area contributed by atoms with E-state index in [9.17, 15) is 0 Å². The molecule has 0 aliphatic carbocycles. The van der Waals surface area contributed by atoms with Crippen LogP contribution < -0.4 is 10.7 Å². The molecule has 1 saturated heterocycles. The van der Waals surface area contributed by atoms with Crippen molar-refractivity contribution in [3.63, 3.8) is 0 Å². The molecular formula is C9H18N4. The van der Waals surface area contributed by atoms with E-state index in [2.05, 4.69) is 21.1 Å². The Labute approximate surface area is 79.5 Å². The number of allylic oxidation sites excluding steroid dienone is 1. The average molecular weight is 182 g/mol. The van der Waals surface area contributed by atoms with Crippen molar-refractivity contribution in [3.8, 4) is 0 Å². The van der Waals surface area contributed by atoms with Crippen molar-refractivity contribution in [1.82, 2.24) is 10.7 Å². The minimum absolute atomic E-state index is 0.532. The van der Waals surface area contributed by atoms with Gasteiger partial charge >= 0.3 is 0 Å². The van der Waals surface area contributed by atoms with Gasteiger partial charge in [0.2, 0.25) is 0 Å². The first kappa shape index (κ1) is 10.2. The predicted octanol–water partition coefficient (Wildman–Crippen LogP) is 1.62. The smallest absolute Gasteiger partial charge is 0.0773 e. The lowest BCUT2D eigenvalue weighted by Gasteiger charge is -2.20. The number of hydrogen-bond donors (Lipinski definition) is 2. The van der Waals surface area contributed by atoms with E-state index >= 15 is 0 Å². The molecule has 1 unspecified atom stereocenters. The summed E-state index contributed by atoms with van der Waals surface area (Å²) in [7, 11) is 0. The lowest BCUT2D eigenvalue weighted by atomic mass is 10.1. The summed E-state index contributed by atoms with van der Waals surface area (Å²) in [6, 6.07) is 0.532. The van der Waals surface area contributed by atoms with Crippen LogP contribution >= 0.6 is 0 Å². The van der Waals surface area contributed by atoms with Crippen molar-refractivity contribution in [3.05, 3.63) is 12.3 Å². The van der Waals surface area contributed by atoms with Crippen LogP contribution in [0.25, 0.3) is 0 Å². The van der Waals surface area contributed by atoms with Gasteiger partial charge in [-0.2, -0.15) is 5.11 Å². The molecule has 4 heteroatoms. The Kier molecular flexibility index (Phi) is 5.17. The lowest BCUT2D eigenvalue weighted by Crippen LogP contribution is -2.36. The minimum atomic E-state index is 0.532. The van der Waals surface area contributed by atoms with Crippen LogP contribution in [0.5, 0.6) is 0 Å². The van der Waals surface area contributed by atoms with Crippen LogP contribution in [0.1, 0.15) is 26.2 Å². The van der Waals surface area contributed by atoms with Crippen molar-refractivity contribution in [2.75, 3.05) is 13.1 Å². The van der Waals surface area contributed by atoms with Gasteiger partial charge in [-0.15, -0.1) is 0 Å². The van der Waals surface area contributed by atoms with Crippen molar-refractivity contribution in [2.24, 2.45) is 10.3 Å². The molecule has 0 aromatic carbocycles. The quantitative estimate of drug-likeness (QED) is 0.512. The Morgan fingerprint density at radius 1 is 1.54 bits per heavy atom. The average Bonchev–Trinajstić information content (AvgIpc) is 2.19. The van der Waals surface area contributed by atoms with Crippen molar-refractivity contribution < 1.29 is 0 Å². The molecule has 0 radical (unpaired) electrons. The summed E-state index contributed by atoms with van der Waals surface area (Å²) < 4.78 is 0. The maximum Gasteiger partial charge on any atom is 0.0773 e. The maximum atomic E-state index is 4.03. The van der Waals surface area contributed by atoms with E-state index in [1.54, 1.807) is 6.20 Å². The second-order valence-corrected chi connectivity index (χ2v) is 3.20. The number of hydrogen-bond acceptors (Lipinski definition) is 3. The number of nitrogens with zero attached hydrogens (tertiary/aromatic N) is 2. The number of rotatable bonds is 4. The molecule has 1 heterocycles. The van der Waals surface area contributed by atoms with Crippen LogP contribution in [0.3, 0.4) is 0 Å². The molecule has 0 bridgehead atoms. The molecule has 0 aromatic rings. The predicted molar refractivity (Wildman–Crippen MR) is 53.3 cm³/mol. The highest BCUT2D eigenvalue weighted by atomic mass is 15.4. The van der Waals surface area contributed by atoms with Crippen LogP contribution in [0.4, 0.5) is 0 Å². The third kappa shape index (κ3) is 4.62. The zero-order valence-corrected chi connectivity index (χ0v) is 8.16. The third-order valence-electron chi connectivity index (χ3n) is 2.08. The normalized spacial score (nSPS) is 24.2. The Bertz CT molecular complexity index is 170. The molecule has 1 aliphatic heterocycles. The minimum Gasteiger partial charge on any atom is -0.312 e. The summed E-state index contributed by atoms with van der Waals surface area (Å²) in [5, 5.41) is 11.2. The molecule has 74 valence electrons. The molecule has 0 spiro atoms. The van der Waals surface area contributed by atoms with E-state index in [0.717, 1.165) is 13.1 Å². The second-order valence-electron chi connectivity index (χ2n) is 3.20. The largest absolute Gasteiger partial charge is 0.312 e. The van der Waals surface area contributed by atoms with Crippen LogP contribution in [0.2, 0.25) is 0 Å². The van der Waals surface area contributed by atoms with E-state index < -0.39 is 0 Å². The van der Waals surface area contributed by atoms with E-state index in [1.807, 2.05) is 13.0 Å². The van der Waals surface area contributed by atoms with Gasteiger partial charge in [0.15, 0.2) is 0 Å². The standard InChI is InChI=1S/C9H18N4/c1-2-6-11-13-12-8-9-5-3-4-7-10-9/h2,6,9-10H,3-5,7-8H2,1H3,(H,11,12)/b6-2+. The van der Waals surface area contributed by atoms with Crippen molar-refractivity contribution in [1.29, 1.82) is 0 Å². The van der Waals surface area contributed by atoms with Gasteiger partial charge in [0, 0.05) is 12.2 Å². The Morgan fingerprint density at radius 2 is 2.46 bits per heavy atom. The molecular weight excluding hydrogens is 164 g/mol. The Hall–Kier alpha value is -0.900. The van der Waals surface area contributed by atoms with Crippen LogP contribution in [0.15, 0.2) is 22.6 Å². The highest BCUT2D eigenvalue weighted by molar-refractivity contribution is 4.74. The van der Waals surface area contributed by atoms with Gasteiger partial charge in [-0.25, -0.2) is 0 Å². The zero-order chi connectivity index (χ0) is 9.36. The summed E-state index contributed by atoms with van der Waals surface area (Å²) in [5.74, 6) is 0. The molecule has 4 nitrogen and oxygen atoms in total. The van der Waals surface area contributed by atoms with Gasteiger partial charge in [-0.05, 0) is 26.3 Å².